The molecule has 7 nitrogen and oxygen atoms in total. The predicted molar refractivity (Wildman–Crippen MR) is 84.1 cm³/mol. The number of aromatic nitrogens is 2. The maximum atomic E-state index is 11.9. The van der Waals surface area contributed by atoms with E-state index in [1.807, 2.05) is 0 Å². The molecule has 0 aliphatic carbocycles. The Balaban J connectivity index is 2.43. The van der Waals surface area contributed by atoms with E-state index >= 15 is 0 Å². The van der Waals surface area contributed by atoms with E-state index in [9.17, 15) is 18.3 Å². The van der Waals surface area contributed by atoms with Crippen LogP contribution in [-0.2, 0) is 10.0 Å². The van der Waals surface area contributed by atoms with Crippen LogP contribution in [0.5, 0.6) is 0 Å². The first-order valence-electron chi connectivity index (χ1n) is 6.63. The zero-order chi connectivity index (χ0) is 16.8. The van der Waals surface area contributed by atoms with Crippen LogP contribution in [0.15, 0.2) is 47.4 Å². The monoisotopic (exact) mass is 331 g/mol. The second-order valence-electron chi connectivity index (χ2n) is 5.10. The highest BCUT2D eigenvalue weighted by Crippen LogP contribution is 2.27. The SMILES string of the molecule is Cc1cc(C(=O)O)n(-c2cc3ccccc3cc2S(N)(=O)=O)n1. The van der Waals surface area contributed by atoms with Gasteiger partial charge in [0.1, 0.15) is 4.90 Å². The van der Waals surface area contributed by atoms with E-state index in [1.54, 1.807) is 37.3 Å². The second-order valence-corrected chi connectivity index (χ2v) is 6.63. The fraction of sp³-hybridized carbons (Fsp3) is 0.0667. The maximum Gasteiger partial charge on any atom is 0.354 e. The number of nitrogens with two attached hydrogens (primary N) is 1. The first-order valence-corrected chi connectivity index (χ1v) is 8.18. The third-order valence-corrected chi connectivity index (χ3v) is 4.35. The maximum absolute atomic E-state index is 11.9. The minimum atomic E-state index is -4.06. The van der Waals surface area contributed by atoms with Gasteiger partial charge in [0.25, 0.3) is 0 Å². The summed E-state index contributed by atoms with van der Waals surface area (Å²) in [5.41, 5.74) is 0.426. The molecule has 0 saturated heterocycles. The van der Waals surface area contributed by atoms with Crippen molar-refractivity contribution in [3.63, 3.8) is 0 Å². The van der Waals surface area contributed by atoms with Crippen molar-refractivity contribution in [1.82, 2.24) is 9.78 Å². The van der Waals surface area contributed by atoms with Gasteiger partial charge in [-0.25, -0.2) is 23.0 Å². The van der Waals surface area contributed by atoms with Crippen molar-refractivity contribution in [2.45, 2.75) is 11.8 Å². The molecule has 0 bridgehead atoms. The number of aryl methyl sites for hydroxylation is 1. The van der Waals surface area contributed by atoms with Crippen LogP contribution in [0.3, 0.4) is 0 Å². The molecule has 0 fully saturated rings. The molecule has 3 aromatic rings. The smallest absolute Gasteiger partial charge is 0.354 e. The quantitative estimate of drug-likeness (QED) is 0.757. The number of benzene rings is 2. The summed E-state index contributed by atoms with van der Waals surface area (Å²) in [4.78, 5) is 11.2. The van der Waals surface area contributed by atoms with E-state index in [0.29, 0.717) is 11.1 Å². The van der Waals surface area contributed by atoms with Gasteiger partial charge in [0.2, 0.25) is 10.0 Å². The Morgan fingerprint density at radius 2 is 1.78 bits per heavy atom. The van der Waals surface area contributed by atoms with Crippen LogP contribution in [-0.4, -0.2) is 29.3 Å². The molecule has 8 heteroatoms. The number of rotatable bonds is 3. The van der Waals surface area contributed by atoms with Crippen molar-refractivity contribution >= 4 is 26.8 Å². The Morgan fingerprint density at radius 1 is 1.17 bits per heavy atom. The summed E-state index contributed by atoms with van der Waals surface area (Å²) in [6.07, 6.45) is 0. The Hall–Kier alpha value is -2.71. The van der Waals surface area contributed by atoms with Crippen LogP contribution in [0.25, 0.3) is 16.5 Å². The topological polar surface area (TPSA) is 115 Å². The fourth-order valence-corrected chi connectivity index (χ4v) is 3.16. The summed E-state index contributed by atoms with van der Waals surface area (Å²) in [6, 6.07) is 11.5. The average molecular weight is 331 g/mol. The van der Waals surface area contributed by atoms with Gasteiger partial charge in [-0.3, -0.25) is 0 Å². The summed E-state index contributed by atoms with van der Waals surface area (Å²) in [5.74, 6) is -1.21. The van der Waals surface area contributed by atoms with Crippen LogP contribution in [0.1, 0.15) is 16.2 Å². The second kappa shape index (κ2) is 5.18. The highest BCUT2D eigenvalue weighted by atomic mass is 32.2. The lowest BCUT2D eigenvalue weighted by atomic mass is 10.1. The summed E-state index contributed by atoms with van der Waals surface area (Å²) < 4.78 is 25.0. The number of carboxylic acids is 1. The fourth-order valence-electron chi connectivity index (χ4n) is 2.44. The van der Waals surface area contributed by atoms with Crippen LogP contribution >= 0.6 is 0 Å². The molecule has 0 atom stereocenters. The third-order valence-electron chi connectivity index (χ3n) is 3.41. The van der Waals surface area contributed by atoms with Gasteiger partial charge in [0, 0.05) is 0 Å². The lowest BCUT2D eigenvalue weighted by molar-refractivity contribution is 0.0687. The Labute approximate surface area is 132 Å². The van der Waals surface area contributed by atoms with Crippen LogP contribution in [0, 0.1) is 6.92 Å². The van der Waals surface area contributed by atoms with Crippen molar-refractivity contribution in [3.05, 3.63) is 53.9 Å². The average Bonchev–Trinajstić information content (AvgIpc) is 2.87. The molecule has 2 aromatic carbocycles. The van der Waals surface area contributed by atoms with Crippen molar-refractivity contribution in [1.29, 1.82) is 0 Å². The number of hydrogen-bond acceptors (Lipinski definition) is 4. The standard InChI is InChI=1S/C15H13N3O4S/c1-9-6-13(15(19)20)18(17-9)12-7-10-4-2-3-5-11(10)8-14(12)23(16,21)22/h2-8H,1H3,(H,19,20)(H2,16,21,22). The van der Waals surface area contributed by atoms with Crippen molar-refractivity contribution in [3.8, 4) is 5.69 Å². The minimum Gasteiger partial charge on any atom is -0.477 e. The molecule has 118 valence electrons. The van der Waals surface area contributed by atoms with E-state index < -0.39 is 16.0 Å². The lowest BCUT2D eigenvalue weighted by Gasteiger charge is -2.11. The summed E-state index contributed by atoms with van der Waals surface area (Å²) >= 11 is 0. The van der Waals surface area contributed by atoms with E-state index in [4.69, 9.17) is 5.14 Å². The van der Waals surface area contributed by atoms with Gasteiger partial charge in [-0.05, 0) is 35.9 Å². The van der Waals surface area contributed by atoms with Crippen molar-refractivity contribution in [2.24, 2.45) is 5.14 Å². The highest BCUT2D eigenvalue weighted by Gasteiger charge is 2.22. The molecule has 0 spiro atoms. The molecule has 0 amide bonds. The molecular formula is C15H13N3O4S. The molecule has 0 radical (unpaired) electrons. The summed E-state index contributed by atoms with van der Waals surface area (Å²) in [6.45, 7) is 1.63. The van der Waals surface area contributed by atoms with E-state index in [2.05, 4.69) is 5.10 Å². The summed E-state index contributed by atoms with van der Waals surface area (Å²) in [5, 5.41) is 20.1. The normalized spacial score (nSPS) is 11.7. The van der Waals surface area contributed by atoms with Crippen molar-refractivity contribution in [2.75, 3.05) is 0 Å². The first kappa shape index (κ1) is 15.2. The molecule has 1 aromatic heterocycles. The summed E-state index contributed by atoms with van der Waals surface area (Å²) in [7, 11) is -4.06. The van der Waals surface area contributed by atoms with Crippen LogP contribution in [0.2, 0.25) is 0 Å². The molecule has 0 unspecified atom stereocenters. The predicted octanol–water partition coefficient (Wildman–Crippen LogP) is 1.68. The number of aromatic carboxylic acids is 1. The minimum absolute atomic E-state index is 0.108. The van der Waals surface area contributed by atoms with Crippen LogP contribution in [0.4, 0.5) is 0 Å². The van der Waals surface area contributed by atoms with Gasteiger partial charge in [-0.15, -0.1) is 0 Å². The van der Waals surface area contributed by atoms with Crippen molar-refractivity contribution < 1.29 is 18.3 Å². The lowest BCUT2D eigenvalue weighted by Crippen LogP contribution is -2.17. The van der Waals surface area contributed by atoms with Gasteiger partial charge >= 0.3 is 5.97 Å². The third kappa shape index (κ3) is 2.69. The molecule has 0 saturated carbocycles. The van der Waals surface area contributed by atoms with E-state index in [0.717, 1.165) is 10.1 Å². The first-order chi connectivity index (χ1) is 10.8. The number of carbonyl (C=O) groups is 1. The Bertz CT molecular complexity index is 1040. The number of sulfonamides is 1. The highest BCUT2D eigenvalue weighted by molar-refractivity contribution is 7.89. The zero-order valence-corrected chi connectivity index (χ0v) is 12.9. The van der Waals surface area contributed by atoms with Gasteiger partial charge in [0.15, 0.2) is 5.69 Å². The molecule has 1 heterocycles. The molecule has 3 N–H and O–H groups in total. The number of carboxylic acid groups (broad SMARTS) is 1. The molecule has 23 heavy (non-hydrogen) atoms. The molecule has 0 aliphatic heterocycles. The number of fused-ring (bicyclic) bond motifs is 1. The molecule has 3 rings (SSSR count). The van der Waals surface area contributed by atoms with Crippen LogP contribution < -0.4 is 5.14 Å². The van der Waals surface area contributed by atoms with E-state index in [1.165, 1.54) is 12.1 Å². The van der Waals surface area contributed by atoms with E-state index in [-0.39, 0.29) is 16.3 Å². The number of hydrogen-bond donors (Lipinski definition) is 2. The van der Waals surface area contributed by atoms with Gasteiger partial charge in [-0.1, -0.05) is 24.3 Å². The molecule has 0 aliphatic rings. The number of nitrogens with zero attached hydrogens (tertiary/aromatic N) is 2. The number of primary sulfonamides is 1. The van der Waals surface area contributed by atoms with Gasteiger partial charge < -0.3 is 5.11 Å². The van der Waals surface area contributed by atoms with Gasteiger partial charge in [0.05, 0.1) is 11.4 Å². The Morgan fingerprint density at radius 3 is 2.35 bits per heavy atom. The van der Waals surface area contributed by atoms with Gasteiger partial charge in [-0.2, -0.15) is 5.10 Å². The Kier molecular flexibility index (Phi) is 3.42. The zero-order valence-electron chi connectivity index (χ0n) is 12.1. The largest absolute Gasteiger partial charge is 0.477 e. The molecular weight excluding hydrogens is 318 g/mol.